The van der Waals surface area contributed by atoms with Crippen molar-refractivity contribution in [3.05, 3.63) is 48.5 Å². The Kier molecular flexibility index (Phi) is 6.30. The first-order valence-electron chi connectivity index (χ1n) is 9.05. The molecule has 0 aromatic carbocycles. The summed E-state index contributed by atoms with van der Waals surface area (Å²) < 4.78 is 0. The molecule has 8 nitrogen and oxygen atoms in total. The lowest BCUT2D eigenvalue weighted by atomic mass is 9.94. The average Bonchev–Trinajstić information content (AvgIpc) is 2.72. The van der Waals surface area contributed by atoms with E-state index in [-0.39, 0.29) is 24.2 Å². The van der Waals surface area contributed by atoms with Crippen molar-refractivity contribution >= 4 is 17.8 Å². The highest BCUT2D eigenvalue weighted by molar-refractivity contribution is 5.79. The molecule has 0 bridgehead atoms. The number of aromatic nitrogens is 3. The van der Waals surface area contributed by atoms with Gasteiger partial charge in [-0.05, 0) is 36.6 Å². The minimum atomic E-state index is -0.887. The molecule has 27 heavy (non-hydrogen) atoms. The van der Waals surface area contributed by atoms with Gasteiger partial charge in [0.1, 0.15) is 0 Å². The second kappa shape index (κ2) is 9.07. The zero-order chi connectivity index (χ0) is 19.1. The van der Waals surface area contributed by atoms with Gasteiger partial charge < -0.3 is 15.3 Å². The van der Waals surface area contributed by atoms with E-state index in [0.29, 0.717) is 12.5 Å². The molecule has 1 saturated heterocycles. The van der Waals surface area contributed by atoms with E-state index in [1.165, 1.54) is 0 Å². The number of aliphatic carboxylic acids is 1. The van der Waals surface area contributed by atoms with Gasteiger partial charge in [-0.15, -0.1) is 0 Å². The van der Waals surface area contributed by atoms with E-state index in [2.05, 4.69) is 25.2 Å². The van der Waals surface area contributed by atoms with Gasteiger partial charge in [-0.3, -0.25) is 14.6 Å². The predicted octanol–water partition coefficient (Wildman–Crippen LogP) is 1.46. The van der Waals surface area contributed by atoms with Crippen LogP contribution in [0.2, 0.25) is 0 Å². The minimum absolute atomic E-state index is 0.0203. The molecule has 1 aliphatic rings. The summed E-state index contributed by atoms with van der Waals surface area (Å²) in [7, 11) is 0. The lowest BCUT2D eigenvalue weighted by molar-refractivity contribution is -0.137. The molecule has 0 radical (unpaired) electrons. The molecule has 2 N–H and O–H groups in total. The van der Waals surface area contributed by atoms with E-state index in [1.54, 1.807) is 43.0 Å². The fraction of sp³-hybridized carbons (Fsp3) is 0.421. The molecule has 1 fully saturated rings. The van der Waals surface area contributed by atoms with Crippen molar-refractivity contribution in [2.75, 3.05) is 24.5 Å². The summed E-state index contributed by atoms with van der Waals surface area (Å²) in [6.07, 6.45) is 8.10. The molecule has 0 spiro atoms. The van der Waals surface area contributed by atoms with Crippen LogP contribution in [0.3, 0.4) is 0 Å². The standard InChI is InChI=1S/C19H23N5O3/c25-17(26)12-16(14-2-8-20-9-3-14)13-23-18(27)15-4-10-24(11-5-15)19-21-6-1-7-22-19/h1-3,6-9,15-16H,4-5,10-13H2,(H,23,27)(H,25,26). The summed E-state index contributed by atoms with van der Waals surface area (Å²) in [5, 5.41) is 12.1. The Morgan fingerprint density at radius 2 is 1.81 bits per heavy atom. The van der Waals surface area contributed by atoms with Crippen molar-refractivity contribution in [3.8, 4) is 0 Å². The Bertz CT molecular complexity index is 748. The Morgan fingerprint density at radius 3 is 2.44 bits per heavy atom. The van der Waals surface area contributed by atoms with Crippen LogP contribution in [0.5, 0.6) is 0 Å². The molecule has 3 rings (SSSR count). The van der Waals surface area contributed by atoms with E-state index in [4.69, 9.17) is 5.11 Å². The molecule has 1 aliphatic heterocycles. The van der Waals surface area contributed by atoms with Gasteiger partial charge in [0, 0.05) is 56.3 Å². The van der Waals surface area contributed by atoms with E-state index in [1.807, 2.05) is 0 Å². The fourth-order valence-electron chi connectivity index (χ4n) is 3.32. The van der Waals surface area contributed by atoms with Gasteiger partial charge in [0.2, 0.25) is 11.9 Å². The molecule has 0 saturated carbocycles. The largest absolute Gasteiger partial charge is 0.481 e. The molecule has 8 heteroatoms. The van der Waals surface area contributed by atoms with Gasteiger partial charge in [0.25, 0.3) is 0 Å². The number of hydrogen-bond donors (Lipinski definition) is 2. The monoisotopic (exact) mass is 369 g/mol. The van der Waals surface area contributed by atoms with Crippen LogP contribution in [-0.4, -0.2) is 51.6 Å². The highest BCUT2D eigenvalue weighted by Crippen LogP contribution is 2.22. The van der Waals surface area contributed by atoms with Gasteiger partial charge in [-0.25, -0.2) is 9.97 Å². The number of rotatable bonds is 7. The SMILES string of the molecule is O=C(O)CC(CNC(=O)C1CCN(c2ncccn2)CC1)c1ccncc1. The maximum Gasteiger partial charge on any atom is 0.304 e. The van der Waals surface area contributed by atoms with Crippen molar-refractivity contribution < 1.29 is 14.7 Å². The summed E-state index contributed by atoms with van der Waals surface area (Å²) in [6, 6.07) is 5.36. The van der Waals surface area contributed by atoms with Gasteiger partial charge in [-0.1, -0.05) is 0 Å². The van der Waals surface area contributed by atoms with Gasteiger partial charge >= 0.3 is 5.97 Å². The first kappa shape index (κ1) is 18.8. The van der Waals surface area contributed by atoms with Crippen molar-refractivity contribution in [2.24, 2.45) is 5.92 Å². The molecular weight excluding hydrogens is 346 g/mol. The topological polar surface area (TPSA) is 108 Å². The van der Waals surface area contributed by atoms with Crippen LogP contribution in [0, 0.1) is 5.92 Å². The number of carbonyl (C=O) groups is 2. The van der Waals surface area contributed by atoms with Crippen molar-refractivity contribution in [1.82, 2.24) is 20.3 Å². The van der Waals surface area contributed by atoms with E-state index in [0.717, 1.165) is 31.5 Å². The van der Waals surface area contributed by atoms with Crippen LogP contribution >= 0.6 is 0 Å². The highest BCUT2D eigenvalue weighted by atomic mass is 16.4. The number of piperidine rings is 1. The smallest absolute Gasteiger partial charge is 0.304 e. The van der Waals surface area contributed by atoms with E-state index in [9.17, 15) is 9.59 Å². The van der Waals surface area contributed by atoms with Crippen LogP contribution in [0.1, 0.15) is 30.7 Å². The molecule has 1 atom stereocenters. The molecule has 2 aromatic rings. The van der Waals surface area contributed by atoms with E-state index >= 15 is 0 Å². The fourth-order valence-corrected chi connectivity index (χ4v) is 3.32. The molecule has 3 heterocycles. The van der Waals surface area contributed by atoms with Crippen molar-refractivity contribution in [2.45, 2.75) is 25.2 Å². The first-order valence-corrected chi connectivity index (χ1v) is 9.05. The number of carboxylic acid groups (broad SMARTS) is 1. The number of pyridine rings is 1. The summed E-state index contributed by atoms with van der Waals surface area (Å²) in [5.74, 6) is -0.564. The van der Waals surface area contributed by atoms with Gasteiger partial charge in [-0.2, -0.15) is 0 Å². The van der Waals surface area contributed by atoms with Crippen molar-refractivity contribution in [1.29, 1.82) is 0 Å². The second-order valence-electron chi connectivity index (χ2n) is 6.63. The highest BCUT2D eigenvalue weighted by Gasteiger charge is 2.27. The van der Waals surface area contributed by atoms with Crippen LogP contribution in [0.15, 0.2) is 43.0 Å². The number of amides is 1. The summed E-state index contributed by atoms with van der Waals surface area (Å²) in [4.78, 5) is 38.2. The maximum absolute atomic E-state index is 12.5. The van der Waals surface area contributed by atoms with Crippen LogP contribution in [0.4, 0.5) is 5.95 Å². The van der Waals surface area contributed by atoms with E-state index < -0.39 is 5.97 Å². The summed E-state index contributed by atoms with van der Waals surface area (Å²) >= 11 is 0. The van der Waals surface area contributed by atoms with Crippen LogP contribution < -0.4 is 10.2 Å². The predicted molar refractivity (Wildman–Crippen MR) is 99.2 cm³/mol. The normalized spacial score (nSPS) is 15.9. The molecule has 2 aromatic heterocycles. The molecule has 0 aliphatic carbocycles. The van der Waals surface area contributed by atoms with Crippen LogP contribution in [-0.2, 0) is 9.59 Å². The molecule has 142 valence electrons. The van der Waals surface area contributed by atoms with Gasteiger partial charge in [0.15, 0.2) is 0 Å². The molecular formula is C19H23N5O3. The number of hydrogen-bond acceptors (Lipinski definition) is 6. The Morgan fingerprint density at radius 1 is 1.15 bits per heavy atom. The summed E-state index contributed by atoms with van der Waals surface area (Å²) in [5.41, 5.74) is 0.865. The third-order valence-corrected chi connectivity index (χ3v) is 4.82. The van der Waals surface area contributed by atoms with Crippen molar-refractivity contribution in [3.63, 3.8) is 0 Å². The number of nitrogens with one attached hydrogen (secondary N) is 1. The second-order valence-corrected chi connectivity index (χ2v) is 6.63. The average molecular weight is 369 g/mol. The quantitative estimate of drug-likeness (QED) is 0.760. The zero-order valence-electron chi connectivity index (χ0n) is 15.0. The minimum Gasteiger partial charge on any atom is -0.481 e. The first-order chi connectivity index (χ1) is 13.1. The van der Waals surface area contributed by atoms with Crippen LogP contribution in [0.25, 0.3) is 0 Å². The maximum atomic E-state index is 12.5. The Labute approximate surface area is 157 Å². The Hall–Kier alpha value is -3.03. The number of carboxylic acids is 1. The lowest BCUT2D eigenvalue weighted by Crippen LogP contribution is -2.42. The lowest BCUT2D eigenvalue weighted by Gasteiger charge is -2.31. The molecule has 1 amide bonds. The molecule has 1 unspecified atom stereocenters. The Balaban J connectivity index is 1.52. The third kappa shape index (κ3) is 5.22. The van der Waals surface area contributed by atoms with Gasteiger partial charge in [0.05, 0.1) is 6.42 Å². The summed E-state index contributed by atoms with van der Waals surface area (Å²) in [6.45, 7) is 1.76. The zero-order valence-corrected chi connectivity index (χ0v) is 15.0. The number of carbonyl (C=O) groups excluding carboxylic acids is 1. The number of anilines is 1. The number of nitrogens with zero attached hydrogens (tertiary/aromatic N) is 4. The third-order valence-electron chi connectivity index (χ3n) is 4.82.